The lowest BCUT2D eigenvalue weighted by molar-refractivity contribution is -0.131. The molecular weight excluding hydrogens is 286 g/mol. The summed E-state index contributed by atoms with van der Waals surface area (Å²) in [6.45, 7) is 1.64. The molecule has 8 heteroatoms. The lowest BCUT2D eigenvalue weighted by atomic mass is 10.1. The molecule has 0 aliphatic heterocycles. The summed E-state index contributed by atoms with van der Waals surface area (Å²) in [5.74, 6) is -0.589. The molecule has 0 fully saturated rings. The van der Waals surface area contributed by atoms with Crippen LogP contribution in [0.4, 0.5) is 0 Å². The first-order valence-corrected chi connectivity index (χ1v) is 6.49. The van der Waals surface area contributed by atoms with Crippen LogP contribution >= 0.6 is 24.7 Å². The molecule has 100 valence electrons. The fourth-order valence-corrected chi connectivity index (χ4v) is 2.33. The minimum Gasteiger partial charge on any atom is -0.394 e. The molecule has 0 radical (unpaired) electrons. The van der Waals surface area contributed by atoms with Crippen LogP contribution in [0.25, 0.3) is 10.4 Å². The van der Waals surface area contributed by atoms with E-state index in [4.69, 9.17) is 5.53 Å². The lowest BCUT2D eigenvalue weighted by Gasteiger charge is -2.09. The molecule has 0 saturated heterocycles. The lowest BCUT2D eigenvalue weighted by Crippen LogP contribution is -2.16. The predicted octanol–water partition coefficient (Wildman–Crippen LogP) is 3.15. The van der Waals surface area contributed by atoms with Crippen LogP contribution in [-0.2, 0) is 15.5 Å². The molecule has 1 unspecified atom stereocenters. The van der Waals surface area contributed by atoms with Gasteiger partial charge < -0.3 is 4.18 Å². The second-order valence-corrected chi connectivity index (χ2v) is 5.00. The molecule has 1 aromatic carbocycles. The van der Waals surface area contributed by atoms with E-state index in [-0.39, 0.29) is 11.7 Å². The molecule has 0 aromatic heterocycles. The summed E-state index contributed by atoms with van der Waals surface area (Å²) < 4.78 is 4.26. The molecule has 0 aliphatic carbocycles. The van der Waals surface area contributed by atoms with Crippen molar-refractivity contribution in [3.05, 3.63) is 45.8 Å². The van der Waals surface area contributed by atoms with E-state index in [1.54, 1.807) is 31.2 Å². The van der Waals surface area contributed by atoms with Gasteiger partial charge in [0.05, 0.1) is 6.54 Å². The van der Waals surface area contributed by atoms with Gasteiger partial charge >= 0.3 is 5.97 Å². The number of thiol groups is 1. The highest BCUT2D eigenvalue weighted by Gasteiger charge is 2.21. The van der Waals surface area contributed by atoms with Gasteiger partial charge in [-0.25, -0.2) is 4.79 Å². The van der Waals surface area contributed by atoms with Gasteiger partial charge in [-0.05, 0) is 18.0 Å². The van der Waals surface area contributed by atoms with Crippen molar-refractivity contribution in [1.82, 2.24) is 0 Å². The second kappa shape index (κ2) is 7.73. The quantitative estimate of drug-likeness (QED) is 0.297. The Hall–Kier alpha value is -1.63. The molecular formula is C11H11N3O3S2. The fourth-order valence-electron chi connectivity index (χ4n) is 1.31. The third-order valence-electron chi connectivity index (χ3n) is 2.25. The van der Waals surface area contributed by atoms with Crippen LogP contribution < -0.4 is 0 Å². The molecule has 1 aromatic rings. The van der Waals surface area contributed by atoms with E-state index >= 15 is 0 Å². The van der Waals surface area contributed by atoms with Crippen molar-refractivity contribution >= 4 is 35.8 Å². The van der Waals surface area contributed by atoms with Crippen LogP contribution in [0, 0.1) is 0 Å². The minimum atomic E-state index is -0.655. The minimum absolute atomic E-state index is 0.0877. The van der Waals surface area contributed by atoms with Gasteiger partial charge in [-0.2, -0.15) is 0 Å². The zero-order valence-corrected chi connectivity index (χ0v) is 11.7. The summed E-state index contributed by atoms with van der Waals surface area (Å²) >= 11 is 4.24. The smallest absolute Gasteiger partial charge is 0.331 e. The van der Waals surface area contributed by atoms with Gasteiger partial charge in [-0.15, -0.1) is 0 Å². The Morgan fingerprint density at radius 1 is 1.53 bits per heavy atom. The van der Waals surface area contributed by atoms with Crippen molar-refractivity contribution in [3.8, 4) is 0 Å². The van der Waals surface area contributed by atoms with Crippen LogP contribution in [0.3, 0.4) is 0 Å². The van der Waals surface area contributed by atoms with Crippen molar-refractivity contribution in [1.29, 1.82) is 0 Å². The molecule has 19 heavy (non-hydrogen) atoms. The van der Waals surface area contributed by atoms with Crippen molar-refractivity contribution in [2.45, 2.75) is 18.7 Å². The standard InChI is InChI=1S/C11H11N3O3S2/c1-7(10(15)17-18)19-11(16)9-5-3-2-4-8(9)6-13-14-12/h2-5,7,18H,6H2,1H3. The fraction of sp³-hybridized carbons (Fsp3) is 0.273. The van der Waals surface area contributed by atoms with Crippen LogP contribution in [0.2, 0.25) is 0 Å². The van der Waals surface area contributed by atoms with Crippen LogP contribution in [0.15, 0.2) is 29.4 Å². The van der Waals surface area contributed by atoms with Gasteiger partial charge in [-0.3, -0.25) is 4.79 Å². The zero-order valence-electron chi connectivity index (χ0n) is 10.0. The van der Waals surface area contributed by atoms with Gasteiger partial charge in [0, 0.05) is 23.4 Å². The number of azide groups is 1. The Balaban J connectivity index is 2.87. The molecule has 1 rings (SSSR count). The Morgan fingerprint density at radius 2 is 2.21 bits per heavy atom. The van der Waals surface area contributed by atoms with E-state index in [2.05, 4.69) is 27.1 Å². The molecule has 0 heterocycles. The number of nitrogens with zero attached hydrogens (tertiary/aromatic N) is 3. The third-order valence-corrected chi connectivity index (χ3v) is 3.41. The van der Waals surface area contributed by atoms with E-state index in [0.717, 1.165) is 11.8 Å². The van der Waals surface area contributed by atoms with Gasteiger partial charge in [0.1, 0.15) is 5.25 Å². The second-order valence-electron chi connectivity index (χ2n) is 3.50. The van der Waals surface area contributed by atoms with Crippen LogP contribution in [0.5, 0.6) is 0 Å². The van der Waals surface area contributed by atoms with E-state index in [1.807, 2.05) is 0 Å². The monoisotopic (exact) mass is 297 g/mol. The number of hydrogen-bond donors (Lipinski definition) is 1. The highest BCUT2D eigenvalue weighted by Crippen LogP contribution is 2.22. The molecule has 0 spiro atoms. The highest BCUT2D eigenvalue weighted by molar-refractivity contribution is 8.15. The summed E-state index contributed by atoms with van der Waals surface area (Å²) in [5, 5.41) is 2.49. The first-order chi connectivity index (χ1) is 9.10. The van der Waals surface area contributed by atoms with Gasteiger partial charge in [-0.1, -0.05) is 41.1 Å². The summed E-state index contributed by atoms with van der Waals surface area (Å²) in [6.07, 6.45) is 0. The predicted molar refractivity (Wildman–Crippen MR) is 75.8 cm³/mol. The van der Waals surface area contributed by atoms with Crippen molar-refractivity contribution in [2.75, 3.05) is 0 Å². The van der Waals surface area contributed by atoms with E-state index in [0.29, 0.717) is 11.1 Å². The number of hydrogen-bond acceptors (Lipinski definition) is 6. The van der Waals surface area contributed by atoms with Crippen molar-refractivity contribution in [2.24, 2.45) is 5.11 Å². The van der Waals surface area contributed by atoms with Gasteiger partial charge in [0.2, 0.25) is 5.12 Å². The van der Waals surface area contributed by atoms with Crippen LogP contribution in [0.1, 0.15) is 22.8 Å². The van der Waals surface area contributed by atoms with E-state index in [1.165, 1.54) is 0 Å². The SMILES string of the molecule is CC(SC(=O)c1ccccc1CN=[N+]=[N-])C(=O)OS. The summed E-state index contributed by atoms with van der Waals surface area (Å²) in [5.41, 5.74) is 9.34. The first-order valence-electron chi connectivity index (χ1n) is 5.25. The van der Waals surface area contributed by atoms with E-state index in [9.17, 15) is 9.59 Å². The molecule has 0 saturated carbocycles. The number of carbonyl (C=O) groups is 2. The Bertz CT molecular complexity index is 530. The number of benzene rings is 1. The Morgan fingerprint density at radius 3 is 2.84 bits per heavy atom. The van der Waals surface area contributed by atoms with Gasteiger partial charge in [0.15, 0.2) is 0 Å². The first kappa shape index (κ1) is 15.4. The van der Waals surface area contributed by atoms with Crippen molar-refractivity contribution < 1.29 is 13.8 Å². The summed E-state index contributed by atoms with van der Waals surface area (Å²) in [7, 11) is 0. The number of carbonyl (C=O) groups excluding carboxylic acids is 2. The number of rotatable bonds is 5. The Kier molecular flexibility index (Phi) is 6.27. The largest absolute Gasteiger partial charge is 0.394 e. The molecule has 0 N–H and O–H groups in total. The van der Waals surface area contributed by atoms with E-state index < -0.39 is 11.2 Å². The maximum atomic E-state index is 12.1. The summed E-state index contributed by atoms with van der Waals surface area (Å²) in [4.78, 5) is 25.9. The van der Waals surface area contributed by atoms with Crippen molar-refractivity contribution in [3.63, 3.8) is 0 Å². The van der Waals surface area contributed by atoms with Crippen LogP contribution in [-0.4, -0.2) is 16.3 Å². The average molecular weight is 297 g/mol. The molecule has 0 bridgehead atoms. The van der Waals surface area contributed by atoms with Gasteiger partial charge in [0.25, 0.3) is 0 Å². The molecule has 6 nitrogen and oxygen atoms in total. The normalized spacial score (nSPS) is 11.3. The third kappa shape index (κ3) is 4.51. The zero-order chi connectivity index (χ0) is 14.3. The Labute approximate surface area is 119 Å². The summed E-state index contributed by atoms with van der Waals surface area (Å²) in [6, 6.07) is 6.77. The molecule has 0 aliphatic rings. The molecule has 1 atom stereocenters. The maximum absolute atomic E-state index is 12.1. The maximum Gasteiger partial charge on any atom is 0.331 e. The highest BCUT2D eigenvalue weighted by atomic mass is 32.2. The number of thioether (sulfide) groups is 1. The molecule has 0 amide bonds. The topological polar surface area (TPSA) is 92.1 Å². The average Bonchev–Trinajstić information content (AvgIpc) is 2.44.